The van der Waals surface area contributed by atoms with Crippen LogP contribution in [0, 0.1) is 29.0 Å². The van der Waals surface area contributed by atoms with Crippen molar-refractivity contribution in [3.63, 3.8) is 0 Å². The molecule has 4 atom stereocenters. The number of aliphatic hydroxyl groups is 1. The number of hydrazone groups is 1. The van der Waals surface area contributed by atoms with E-state index in [2.05, 4.69) is 24.3 Å². The van der Waals surface area contributed by atoms with Crippen molar-refractivity contribution < 1.29 is 9.50 Å². The summed E-state index contributed by atoms with van der Waals surface area (Å²) < 4.78 is 13.0. The van der Waals surface area contributed by atoms with E-state index in [-0.39, 0.29) is 17.2 Å². The maximum Gasteiger partial charge on any atom is 0.196 e. The molecule has 23 heavy (non-hydrogen) atoms. The van der Waals surface area contributed by atoms with Crippen LogP contribution in [0.25, 0.3) is 0 Å². The number of fused-ring (bicyclic) bond motifs is 3. The van der Waals surface area contributed by atoms with Crippen LogP contribution in [-0.2, 0) is 0 Å². The van der Waals surface area contributed by atoms with Gasteiger partial charge in [0.25, 0.3) is 0 Å². The van der Waals surface area contributed by atoms with Gasteiger partial charge in [0.05, 0.1) is 5.92 Å². The van der Waals surface area contributed by atoms with Gasteiger partial charge in [-0.05, 0) is 60.7 Å². The number of benzene rings is 1. The second kappa shape index (κ2) is 4.51. The summed E-state index contributed by atoms with van der Waals surface area (Å²) in [5, 5.41) is 20.7. The molecule has 1 aliphatic heterocycles. The van der Waals surface area contributed by atoms with Crippen molar-refractivity contribution in [2.24, 2.45) is 28.3 Å². The Morgan fingerprint density at radius 2 is 2.04 bits per heavy atom. The highest BCUT2D eigenvalue weighted by Crippen LogP contribution is 2.73. The molecule has 1 heterocycles. The first kappa shape index (κ1) is 15.0. The van der Waals surface area contributed by atoms with Crippen LogP contribution in [0.4, 0.5) is 10.1 Å². The lowest BCUT2D eigenvalue weighted by Gasteiger charge is -2.36. The van der Waals surface area contributed by atoms with Gasteiger partial charge in [0, 0.05) is 17.8 Å². The molecule has 2 N–H and O–H groups in total. The van der Waals surface area contributed by atoms with Gasteiger partial charge in [0.1, 0.15) is 5.82 Å². The van der Waals surface area contributed by atoms with Crippen molar-refractivity contribution in [1.82, 2.24) is 5.01 Å². The van der Waals surface area contributed by atoms with Crippen molar-refractivity contribution in [3.8, 4) is 0 Å². The average molecular weight is 333 g/mol. The maximum absolute atomic E-state index is 13.0. The standard InChI is InChI=1S/C17H20FN3OS/c1-9-13-14-12(16(14,2)3)8-17(13,22)21(20-9)15(23)19-11-6-4-10(18)5-7-11/h4-7,12-14,22H,8H2,1-3H3,(H,19,23)/t12-,13+,14-,17+/m1/s1. The third-order valence-electron chi connectivity index (χ3n) is 5.88. The molecule has 0 unspecified atom stereocenters. The van der Waals surface area contributed by atoms with E-state index in [1.165, 1.54) is 12.1 Å². The topological polar surface area (TPSA) is 47.9 Å². The Kier molecular flexibility index (Phi) is 2.95. The van der Waals surface area contributed by atoms with Crippen LogP contribution in [0.15, 0.2) is 29.4 Å². The highest BCUT2D eigenvalue weighted by molar-refractivity contribution is 7.80. The van der Waals surface area contributed by atoms with Crippen LogP contribution in [0.1, 0.15) is 27.2 Å². The van der Waals surface area contributed by atoms with E-state index in [0.29, 0.717) is 29.1 Å². The third-order valence-corrected chi connectivity index (χ3v) is 6.15. The van der Waals surface area contributed by atoms with Crippen LogP contribution in [0.3, 0.4) is 0 Å². The molecular weight excluding hydrogens is 313 g/mol. The Morgan fingerprint density at radius 3 is 2.70 bits per heavy atom. The predicted molar refractivity (Wildman–Crippen MR) is 91.4 cm³/mol. The van der Waals surface area contributed by atoms with Gasteiger partial charge >= 0.3 is 0 Å². The van der Waals surface area contributed by atoms with Crippen molar-refractivity contribution in [2.75, 3.05) is 5.32 Å². The van der Waals surface area contributed by atoms with Gasteiger partial charge in [-0.3, -0.25) is 0 Å². The number of nitrogens with one attached hydrogen (secondary N) is 1. The quantitative estimate of drug-likeness (QED) is 0.775. The summed E-state index contributed by atoms with van der Waals surface area (Å²) in [4.78, 5) is 0. The fraction of sp³-hybridized carbons (Fsp3) is 0.529. The van der Waals surface area contributed by atoms with Gasteiger partial charge in [-0.15, -0.1) is 0 Å². The van der Waals surface area contributed by atoms with Crippen molar-refractivity contribution >= 4 is 28.7 Å². The Hall–Kier alpha value is -1.53. The van der Waals surface area contributed by atoms with Gasteiger partial charge < -0.3 is 10.4 Å². The number of nitrogens with zero attached hydrogens (tertiary/aromatic N) is 2. The van der Waals surface area contributed by atoms with Gasteiger partial charge in [0.15, 0.2) is 10.8 Å². The van der Waals surface area contributed by atoms with E-state index in [9.17, 15) is 9.50 Å². The molecule has 0 bridgehead atoms. The first-order valence-corrected chi connectivity index (χ1v) is 8.30. The fourth-order valence-electron chi connectivity index (χ4n) is 4.63. The fourth-order valence-corrected chi connectivity index (χ4v) is 4.94. The van der Waals surface area contributed by atoms with E-state index >= 15 is 0 Å². The molecule has 3 aliphatic rings. The number of halogens is 1. The van der Waals surface area contributed by atoms with Crippen LogP contribution in [-0.4, -0.2) is 26.7 Å². The number of rotatable bonds is 1. The summed E-state index contributed by atoms with van der Waals surface area (Å²) in [5.41, 5.74) is 0.864. The van der Waals surface area contributed by atoms with Crippen LogP contribution < -0.4 is 5.32 Å². The molecule has 122 valence electrons. The first-order valence-electron chi connectivity index (χ1n) is 7.89. The molecule has 0 amide bonds. The van der Waals surface area contributed by atoms with E-state index in [1.54, 1.807) is 17.1 Å². The lowest BCUT2D eigenvalue weighted by Crippen LogP contribution is -2.51. The van der Waals surface area contributed by atoms with Crippen LogP contribution in [0.2, 0.25) is 0 Å². The molecule has 0 radical (unpaired) electrons. The molecule has 2 fully saturated rings. The minimum Gasteiger partial charge on any atom is -0.368 e. The Bertz CT molecular complexity index is 717. The highest BCUT2D eigenvalue weighted by Gasteiger charge is 2.75. The molecule has 4 nitrogen and oxygen atoms in total. The zero-order chi connectivity index (χ0) is 16.6. The van der Waals surface area contributed by atoms with Gasteiger partial charge in [-0.1, -0.05) is 13.8 Å². The molecule has 0 saturated heterocycles. The first-order chi connectivity index (χ1) is 10.7. The minimum absolute atomic E-state index is 0.0375. The Labute approximate surface area is 140 Å². The summed E-state index contributed by atoms with van der Waals surface area (Å²) in [6.07, 6.45) is 0.682. The molecule has 2 saturated carbocycles. The Morgan fingerprint density at radius 1 is 1.39 bits per heavy atom. The highest BCUT2D eigenvalue weighted by atomic mass is 32.1. The summed E-state index contributed by atoms with van der Waals surface area (Å²) in [6, 6.07) is 5.97. The lowest BCUT2D eigenvalue weighted by molar-refractivity contribution is -0.0845. The summed E-state index contributed by atoms with van der Waals surface area (Å²) in [6.45, 7) is 6.48. The predicted octanol–water partition coefficient (Wildman–Crippen LogP) is 3.19. The van der Waals surface area contributed by atoms with Crippen LogP contribution >= 0.6 is 12.2 Å². The van der Waals surface area contributed by atoms with Gasteiger partial charge in [0.2, 0.25) is 0 Å². The molecule has 1 aromatic carbocycles. The molecule has 2 aliphatic carbocycles. The van der Waals surface area contributed by atoms with Crippen molar-refractivity contribution in [3.05, 3.63) is 30.1 Å². The summed E-state index contributed by atoms with van der Waals surface area (Å²) >= 11 is 5.44. The SMILES string of the molecule is CC1=NN(C(=S)Nc2ccc(F)cc2)[C@]2(O)C[C@@H]3[C@H]([C@H]12)C3(C)C. The van der Waals surface area contributed by atoms with E-state index in [1.807, 2.05) is 6.92 Å². The average Bonchev–Trinajstić information content (AvgIpc) is 2.79. The number of anilines is 1. The van der Waals surface area contributed by atoms with Gasteiger partial charge in [-0.2, -0.15) is 5.10 Å². The Balaban J connectivity index is 1.56. The minimum atomic E-state index is -1.03. The number of hydrogen-bond acceptors (Lipinski definition) is 3. The van der Waals surface area contributed by atoms with Gasteiger partial charge in [-0.25, -0.2) is 9.40 Å². The lowest BCUT2D eigenvalue weighted by atomic mass is 9.84. The summed E-state index contributed by atoms with van der Waals surface area (Å²) in [5.74, 6) is 0.720. The zero-order valence-corrected chi connectivity index (χ0v) is 14.2. The second-order valence-electron chi connectivity index (χ2n) is 7.50. The van der Waals surface area contributed by atoms with Crippen molar-refractivity contribution in [1.29, 1.82) is 0 Å². The molecular formula is C17H20FN3OS. The molecule has 4 rings (SSSR count). The third kappa shape index (κ3) is 1.97. The molecule has 1 aromatic rings. The molecule has 0 spiro atoms. The maximum atomic E-state index is 13.0. The normalized spacial score (nSPS) is 36.3. The van der Waals surface area contributed by atoms with E-state index in [0.717, 1.165) is 5.71 Å². The monoisotopic (exact) mass is 333 g/mol. The smallest absolute Gasteiger partial charge is 0.196 e. The number of hydrogen-bond donors (Lipinski definition) is 2. The van der Waals surface area contributed by atoms with E-state index in [4.69, 9.17) is 12.2 Å². The molecule has 0 aromatic heterocycles. The largest absolute Gasteiger partial charge is 0.368 e. The van der Waals surface area contributed by atoms with E-state index < -0.39 is 5.72 Å². The van der Waals surface area contributed by atoms with Crippen LogP contribution in [0.5, 0.6) is 0 Å². The summed E-state index contributed by atoms with van der Waals surface area (Å²) in [7, 11) is 0. The second-order valence-corrected chi connectivity index (χ2v) is 7.89. The van der Waals surface area contributed by atoms with Crippen molar-refractivity contribution in [2.45, 2.75) is 32.9 Å². The number of thiocarbonyl (C=S) groups is 1. The zero-order valence-electron chi connectivity index (χ0n) is 13.4. The molecule has 6 heteroatoms.